The standard InChI is InChI=1S/C21H16Cl2FN3OS/c1-3-28-13-9-7-12(8-10-13)19-18(23)14(11-29-19)21-25-20(26-27(21)2)17-15(22)5-4-6-16(17)24/h4-11H,3H2,1-2H3. The maximum absolute atomic E-state index is 14.3. The lowest BCUT2D eigenvalue weighted by atomic mass is 10.1. The predicted octanol–water partition coefficient (Wildman–Crippen LogP) is 6.72. The molecule has 8 heteroatoms. The van der Waals surface area contributed by atoms with E-state index in [-0.39, 0.29) is 16.4 Å². The first-order valence-corrected chi connectivity index (χ1v) is 10.5. The Hall–Kier alpha value is -2.41. The average Bonchev–Trinajstić information content (AvgIpc) is 3.25. The highest BCUT2D eigenvalue weighted by Gasteiger charge is 2.21. The van der Waals surface area contributed by atoms with Gasteiger partial charge in [0.2, 0.25) is 0 Å². The summed E-state index contributed by atoms with van der Waals surface area (Å²) in [7, 11) is 1.74. The number of hydrogen-bond donors (Lipinski definition) is 0. The highest BCUT2D eigenvalue weighted by molar-refractivity contribution is 7.14. The molecule has 0 bridgehead atoms. The molecular formula is C21H16Cl2FN3OS. The zero-order chi connectivity index (χ0) is 20.5. The Morgan fingerprint density at radius 3 is 2.59 bits per heavy atom. The summed E-state index contributed by atoms with van der Waals surface area (Å²) in [6, 6.07) is 12.2. The van der Waals surface area contributed by atoms with Crippen LogP contribution in [0.4, 0.5) is 4.39 Å². The number of aromatic nitrogens is 3. The Bertz CT molecular complexity index is 1150. The molecule has 0 unspecified atom stereocenters. The number of halogens is 3. The van der Waals surface area contributed by atoms with Crippen LogP contribution in [0.15, 0.2) is 47.8 Å². The van der Waals surface area contributed by atoms with Gasteiger partial charge < -0.3 is 4.74 Å². The summed E-state index contributed by atoms with van der Waals surface area (Å²) in [5.74, 6) is 1.10. The van der Waals surface area contributed by atoms with Crippen LogP contribution in [0.25, 0.3) is 33.2 Å². The van der Waals surface area contributed by atoms with E-state index in [2.05, 4.69) is 10.1 Å². The number of benzene rings is 2. The largest absolute Gasteiger partial charge is 0.494 e. The first-order valence-electron chi connectivity index (χ1n) is 8.85. The van der Waals surface area contributed by atoms with Crippen molar-refractivity contribution in [2.75, 3.05) is 6.61 Å². The van der Waals surface area contributed by atoms with Gasteiger partial charge in [0, 0.05) is 18.0 Å². The number of nitrogens with zero attached hydrogens (tertiary/aromatic N) is 3. The smallest absolute Gasteiger partial charge is 0.186 e. The second kappa shape index (κ2) is 8.14. The van der Waals surface area contributed by atoms with Crippen LogP contribution >= 0.6 is 34.5 Å². The monoisotopic (exact) mass is 447 g/mol. The molecule has 0 spiro atoms. The SMILES string of the molecule is CCOc1ccc(-c2scc(-c3nc(-c4c(F)cccc4Cl)nn3C)c2Cl)cc1. The van der Waals surface area contributed by atoms with E-state index in [1.807, 2.05) is 36.6 Å². The van der Waals surface area contributed by atoms with E-state index in [1.54, 1.807) is 23.9 Å². The highest BCUT2D eigenvalue weighted by atomic mass is 35.5. The molecule has 0 atom stereocenters. The van der Waals surface area contributed by atoms with Gasteiger partial charge in [-0.3, -0.25) is 0 Å². The summed E-state index contributed by atoms with van der Waals surface area (Å²) in [6.07, 6.45) is 0. The lowest BCUT2D eigenvalue weighted by Crippen LogP contribution is -1.94. The lowest BCUT2D eigenvalue weighted by Gasteiger charge is -2.04. The van der Waals surface area contributed by atoms with Crippen molar-refractivity contribution in [2.24, 2.45) is 7.05 Å². The molecule has 0 amide bonds. The van der Waals surface area contributed by atoms with Gasteiger partial charge in [0.05, 0.1) is 27.1 Å². The first-order chi connectivity index (χ1) is 14.0. The van der Waals surface area contributed by atoms with E-state index in [1.165, 1.54) is 17.4 Å². The molecule has 0 aliphatic carbocycles. The molecule has 0 aliphatic heterocycles. The summed E-state index contributed by atoms with van der Waals surface area (Å²) < 4.78 is 21.3. The molecule has 0 aliphatic rings. The topological polar surface area (TPSA) is 39.9 Å². The highest BCUT2D eigenvalue weighted by Crippen LogP contribution is 2.42. The van der Waals surface area contributed by atoms with Crippen LogP contribution in [0, 0.1) is 5.82 Å². The average molecular weight is 448 g/mol. The van der Waals surface area contributed by atoms with Crippen molar-refractivity contribution in [3.63, 3.8) is 0 Å². The Balaban J connectivity index is 1.73. The van der Waals surface area contributed by atoms with Gasteiger partial charge in [0.1, 0.15) is 11.6 Å². The number of thiophene rings is 1. The molecule has 4 rings (SSSR count). The molecular weight excluding hydrogens is 432 g/mol. The van der Waals surface area contributed by atoms with Gasteiger partial charge in [0.25, 0.3) is 0 Å². The van der Waals surface area contributed by atoms with E-state index < -0.39 is 5.82 Å². The number of aryl methyl sites for hydroxylation is 1. The van der Waals surface area contributed by atoms with Gasteiger partial charge in [-0.05, 0) is 48.9 Å². The van der Waals surface area contributed by atoms with Crippen LogP contribution in [0.3, 0.4) is 0 Å². The third kappa shape index (κ3) is 3.75. The van der Waals surface area contributed by atoms with E-state index >= 15 is 0 Å². The summed E-state index contributed by atoms with van der Waals surface area (Å²) in [6.45, 7) is 2.56. The van der Waals surface area contributed by atoms with Crippen LogP contribution in [0.5, 0.6) is 5.75 Å². The van der Waals surface area contributed by atoms with Crippen molar-refractivity contribution in [3.05, 3.63) is 63.7 Å². The normalized spacial score (nSPS) is 11.1. The molecule has 2 aromatic carbocycles. The Morgan fingerprint density at radius 2 is 1.90 bits per heavy atom. The molecule has 148 valence electrons. The van der Waals surface area contributed by atoms with Crippen molar-refractivity contribution in [1.29, 1.82) is 0 Å². The second-order valence-corrected chi connectivity index (χ2v) is 7.89. The molecule has 2 heterocycles. The predicted molar refractivity (Wildman–Crippen MR) is 116 cm³/mol. The van der Waals surface area contributed by atoms with E-state index in [0.29, 0.717) is 17.5 Å². The molecule has 29 heavy (non-hydrogen) atoms. The minimum absolute atomic E-state index is 0.175. The molecule has 4 nitrogen and oxygen atoms in total. The summed E-state index contributed by atoms with van der Waals surface area (Å²) in [5.41, 5.74) is 1.89. The molecule has 0 fully saturated rings. The van der Waals surface area contributed by atoms with Crippen LogP contribution < -0.4 is 4.74 Å². The van der Waals surface area contributed by atoms with Gasteiger partial charge in [0.15, 0.2) is 11.6 Å². The quantitative estimate of drug-likeness (QED) is 0.340. The van der Waals surface area contributed by atoms with Gasteiger partial charge >= 0.3 is 0 Å². The minimum Gasteiger partial charge on any atom is -0.494 e. The Kier molecular flexibility index (Phi) is 5.58. The summed E-state index contributed by atoms with van der Waals surface area (Å²) in [5, 5.41) is 7.09. The third-order valence-electron chi connectivity index (χ3n) is 4.35. The van der Waals surface area contributed by atoms with Crippen LogP contribution in [0.2, 0.25) is 10.0 Å². The van der Waals surface area contributed by atoms with E-state index in [4.69, 9.17) is 27.9 Å². The fraction of sp³-hybridized carbons (Fsp3) is 0.143. The van der Waals surface area contributed by atoms with Gasteiger partial charge in [-0.1, -0.05) is 29.3 Å². The van der Waals surface area contributed by atoms with Crippen molar-refractivity contribution >= 4 is 34.5 Å². The van der Waals surface area contributed by atoms with Gasteiger partial charge in [-0.2, -0.15) is 5.10 Å². The molecule has 0 saturated carbocycles. The number of hydrogen-bond acceptors (Lipinski definition) is 4. The maximum Gasteiger partial charge on any atom is 0.186 e. The lowest BCUT2D eigenvalue weighted by molar-refractivity contribution is 0.340. The molecule has 0 N–H and O–H groups in total. The van der Waals surface area contributed by atoms with Crippen molar-refractivity contribution in [1.82, 2.24) is 14.8 Å². The van der Waals surface area contributed by atoms with Crippen LogP contribution in [-0.2, 0) is 7.05 Å². The minimum atomic E-state index is -0.471. The van der Waals surface area contributed by atoms with Gasteiger partial charge in [-0.15, -0.1) is 11.3 Å². The van der Waals surface area contributed by atoms with Crippen LogP contribution in [-0.4, -0.2) is 21.4 Å². The Labute approximate surface area is 181 Å². The van der Waals surface area contributed by atoms with Gasteiger partial charge in [-0.25, -0.2) is 14.1 Å². The maximum atomic E-state index is 14.3. The Morgan fingerprint density at radius 1 is 1.14 bits per heavy atom. The van der Waals surface area contributed by atoms with E-state index in [9.17, 15) is 4.39 Å². The summed E-state index contributed by atoms with van der Waals surface area (Å²) in [4.78, 5) is 5.42. The summed E-state index contributed by atoms with van der Waals surface area (Å²) >= 11 is 14.4. The fourth-order valence-corrected chi connectivity index (χ4v) is 4.63. The second-order valence-electron chi connectivity index (χ2n) is 6.23. The number of rotatable bonds is 5. The van der Waals surface area contributed by atoms with E-state index in [0.717, 1.165) is 21.8 Å². The fourth-order valence-electron chi connectivity index (χ4n) is 2.99. The van der Waals surface area contributed by atoms with Crippen LogP contribution in [0.1, 0.15) is 6.92 Å². The van der Waals surface area contributed by atoms with Crippen molar-refractivity contribution in [2.45, 2.75) is 6.92 Å². The zero-order valence-corrected chi connectivity index (χ0v) is 17.9. The number of ether oxygens (including phenoxy) is 1. The van der Waals surface area contributed by atoms with Crippen molar-refractivity contribution in [3.8, 4) is 39.0 Å². The third-order valence-corrected chi connectivity index (χ3v) is 6.20. The van der Waals surface area contributed by atoms with Crippen molar-refractivity contribution < 1.29 is 9.13 Å². The molecule has 0 radical (unpaired) electrons. The molecule has 4 aromatic rings. The molecule has 2 aromatic heterocycles. The molecule has 0 saturated heterocycles. The first kappa shape index (κ1) is 19.9. The zero-order valence-electron chi connectivity index (χ0n) is 15.6.